The smallest absolute Gasteiger partial charge is 0.409 e. The highest BCUT2D eigenvalue weighted by Gasteiger charge is 2.31. The maximum atomic E-state index is 12.0. The van der Waals surface area contributed by atoms with Gasteiger partial charge in [0.25, 0.3) is 0 Å². The van der Waals surface area contributed by atoms with Gasteiger partial charge in [-0.15, -0.1) is 0 Å². The van der Waals surface area contributed by atoms with Crippen molar-refractivity contribution in [2.45, 2.75) is 32.7 Å². The molecule has 156 valence electrons. The molecule has 0 radical (unpaired) electrons. The first-order valence-corrected chi connectivity index (χ1v) is 10.7. The van der Waals surface area contributed by atoms with Crippen molar-refractivity contribution < 1.29 is 9.53 Å². The van der Waals surface area contributed by atoms with Crippen LogP contribution in [-0.4, -0.2) is 80.3 Å². The SMILES string of the molecule is CCOC(=O)N1CCN(c2nc(N3CCCC3)c3c(c2C#N)CCN(C)C3)CC1. The predicted octanol–water partition coefficient (Wildman–Crippen LogP) is 1.82. The van der Waals surface area contributed by atoms with Crippen LogP contribution in [0.2, 0.25) is 0 Å². The van der Waals surface area contributed by atoms with Gasteiger partial charge >= 0.3 is 6.09 Å². The van der Waals surface area contributed by atoms with E-state index in [2.05, 4.69) is 27.8 Å². The van der Waals surface area contributed by atoms with Gasteiger partial charge in [-0.1, -0.05) is 0 Å². The number of rotatable bonds is 3. The van der Waals surface area contributed by atoms with Crippen molar-refractivity contribution in [2.75, 3.05) is 69.3 Å². The van der Waals surface area contributed by atoms with Gasteiger partial charge in [-0.25, -0.2) is 9.78 Å². The molecule has 4 rings (SSSR count). The Bertz CT molecular complexity index is 806. The Hall–Kier alpha value is -2.53. The van der Waals surface area contributed by atoms with E-state index < -0.39 is 0 Å². The highest BCUT2D eigenvalue weighted by atomic mass is 16.6. The Labute approximate surface area is 172 Å². The van der Waals surface area contributed by atoms with Crippen molar-refractivity contribution in [1.82, 2.24) is 14.8 Å². The summed E-state index contributed by atoms with van der Waals surface area (Å²) in [5.74, 6) is 1.85. The van der Waals surface area contributed by atoms with Gasteiger partial charge in [0.15, 0.2) is 0 Å². The van der Waals surface area contributed by atoms with E-state index in [1.54, 1.807) is 4.90 Å². The summed E-state index contributed by atoms with van der Waals surface area (Å²) in [6.45, 7) is 8.59. The Balaban J connectivity index is 1.66. The quantitative estimate of drug-likeness (QED) is 0.769. The van der Waals surface area contributed by atoms with E-state index in [9.17, 15) is 10.1 Å². The monoisotopic (exact) mass is 398 g/mol. The fourth-order valence-corrected chi connectivity index (χ4v) is 4.59. The molecule has 3 aliphatic heterocycles. The second-order valence-corrected chi connectivity index (χ2v) is 8.06. The number of likely N-dealkylation sites (N-methyl/N-ethyl adjacent to an activating group) is 1. The van der Waals surface area contributed by atoms with Gasteiger partial charge in [0.2, 0.25) is 0 Å². The van der Waals surface area contributed by atoms with Crippen LogP contribution < -0.4 is 9.80 Å². The standard InChI is InChI=1S/C21H30N6O2/c1-3-29-21(28)27-12-10-26(11-13-27)19-17(14-22)16-6-9-24(2)15-18(16)20(23-19)25-7-4-5-8-25/h3-13,15H2,1-2H3. The summed E-state index contributed by atoms with van der Waals surface area (Å²) in [5, 5.41) is 10.0. The first kappa shape index (κ1) is 19.8. The molecule has 2 fully saturated rings. The number of nitrogens with zero attached hydrogens (tertiary/aromatic N) is 6. The third kappa shape index (κ3) is 3.84. The first-order valence-electron chi connectivity index (χ1n) is 10.7. The normalized spacial score (nSPS) is 19.8. The van der Waals surface area contributed by atoms with Crippen molar-refractivity contribution in [3.63, 3.8) is 0 Å². The molecule has 3 aliphatic rings. The molecule has 0 aromatic carbocycles. The number of hydrogen-bond acceptors (Lipinski definition) is 7. The fourth-order valence-electron chi connectivity index (χ4n) is 4.59. The molecule has 0 bridgehead atoms. The molecule has 8 heteroatoms. The number of aromatic nitrogens is 1. The van der Waals surface area contributed by atoms with E-state index >= 15 is 0 Å². The number of ether oxygens (including phenoxy) is 1. The molecule has 1 aromatic rings. The van der Waals surface area contributed by atoms with Crippen LogP contribution >= 0.6 is 0 Å². The molecule has 1 amide bonds. The third-order valence-corrected chi connectivity index (χ3v) is 6.17. The summed E-state index contributed by atoms with van der Waals surface area (Å²) in [4.78, 5) is 25.7. The van der Waals surface area contributed by atoms with Crippen LogP contribution in [0.3, 0.4) is 0 Å². The summed E-state index contributed by atoms with van der Waals surface area (Å²) in [7, 11) is 2.13. The van der Waals surface area contributed by atoms with Crippen molar-refractivity contribution in [3.05, 3.63) is 16.7 Å². The highest BCUT2D eigenvalue weighted by molar-refractivity contribution is 5.70. The summed E-state index contributed by atoms with van der Waals surface area (Å²) in [6.07, 6.45) is 3.01. The zero-order chi connectivity index (χ0) is 20.4. The molecule has 0 atom stereocenters. The molecular weight excluding hydrogens is 368 g/mol. The number of piperazine rings is 1. The molecule has 0 unspecified atom stereocenters. The lowest BCUT2D eigenvalue weighted by Gasteiger charge is -2.37. The molecule has 8 nitrogen and oxygen atoms in total. The fraction of sp³-hybridized carbons (Fsp3) is 0.667. The molecule has 2 saturated heterocycles. The Morgan fingerprint density at radius 3 is 2.38 bits per heavy atom. The van der Waals surface area contributed by atoms with Crippen molar-refractivity contribution in [1.29, 1.82) is 5.26 Å². The van der Waals surface area contributed by atoms with Crippen molar-refractivity contribution >= 4 is 17.7 Å². The van der Waals surface area contributed by atoms with Crippen molar-refractivity contribution in [3.8, 4) is 6.07 Å². The van der Waals surface area contributed by atoms with Gasteiger partial charge in [-0.2, -0.15) is 5.26 Å². The van der Waals surface area contributed by atoms with Gasteiger partial charge in [-0.3, -0.25) is 0 Å². The number of amides is 1. The topological polar surface area (TPSA) is 75.9 Å². The number of hydrogen-bond donors (Lipinski definition) is 0. The molecule has 1 aromatic heterocycles. The van der Waals surface area contributed by atoms with Gasteiger partial charge < -0.3 is 24.3 Å². The van der Waals surface area contributed by atoms with Crippen LogP contribution in [0.1, 0.15) is 36.5 Å². The Morgan fingerprint density at radius 1 is 1.03 bits per heavy atom. The molecule has 29 heavy (non-hydrogen) atoms. The number of anilines is 2. The zero-order valence-electron chi connectivity index (χ0n) is 17.5. The Morgan fingerprint density at radius 2 is 1.72 bits per heavy atom. The average molecular weight is 399 g/mol. The maximum absolute atomic E-state index is 12.0. The summed E-state index contributed by atoms with van der Waals surface area (Å²) < 4.78 is 5.13. The van der Waals surface area contributed by atoms with Crippen LogP contribution in [0.5, 0.6) is 0 Å². The summed E-state index contributed by atoms with van der Waals surface area (Å²) >= 11 is 0. The molecule has 0 spiro atoms. The first-order chi connectivity index (χ1) is 14.1. The molecule has 0 N–H and O–H groups in total. The number of nitriles is 1. The van der Waals surface area contributed by atoms with E-state index in [0.29, 0.717) is 32.8 Å². The van der Waals surface area contributed by atoms with E-state index in [4.69, 9.17) is 9.72 Å². The lowest BCUT2D eigenvalue weighted by molar-refractivity contribution is 0.105. The van der Waals surface area contributed by atoms with E-state index in [1.165, 1.54) is 24.0 Å². The highest BCUT2D eigenvalue weighted by Crippen LogP contribution is 2.36. The minimum Gasteiger partial charge on any atom is -0.450 e. The van der Waals surface area contributed by atoms with E-state index in [1.807, 2.05) is 6.92 Å². The number of carbonyl (C=O) groups is 1. The van der Waals surface area contributed by atoms with Crippen LogP contribution in [-0.2, 0) is 17.7 Å². The number of pyridine rings is 1. The minimum absolute atomic E-state index is 0.258. The summed E-state index contributed by atoms with van der Waals surface area (Å²) in [5.41, 5.74) is 3.12. The van der Waals surface area contributed by atoms with Crippen LogP contribution in [0.25, 0.3) is 0 Å². The van der Waals surface area contributed by atoms with E-state index in [-0.39, 0.29) is 6.09 Å². The van der Waals surface area contributed by atoms with Crippen molar-refractivity contribution in [2.24, 2.45) is 0 Å². The molecular formula is C21H30N6O2. The lowest BCUT2D eigenvalue weighted by Crippen LogP contribution is -2.49. The Kier molecular flexibility index (Phi) is 5.76. The second kappa shape index (κ2) is 8.46. The molecule has 0 saturated carbocycles. The minimum atomic E-state index is -0.258. The van der Waals surface area contributed by atoms with Crippen LogP contribution in [0, 0.1) is 11.3 Å². The number of carbonyl (C=O) groups excluding carboxylic acids is 1. The lowest BCUT2D eigenvalue weighted by atomic mass is 9.95. The van der Waals surface area contributed by atoms with Crippen LogP contribution in [0.4, 0.5) is 16.4 Å². The van der Waals surface area contributed by atoms with E-state index in [0.717, 1.165) is 49.8 Å². The van der Waals surface area contributed by atoms with Crippen LogP contribution in [0.15, 0.2) is 0 Å². The van der Waals surface area contributed by atoms with Gasteiger partial charge in [0.05, 0.1) is 12.2 Å². The third-order valence-electron chi connectivity index (χ3n) is 6.17. The summed E-state index contributed by atoms with van der Waals surface area (Å²) in [6, 6.07) is 2.46. The van der Waals surface area contributed by atoms with Gasteiger partial charge in [-0.05, 0) is 38.8 Å². The average Bonchev–Trinajstić information content (AvgIpc) is 3.27. The maximum Gasteiger partial charge on any atom is 0.409 e. The second-order valence-electron chi connectivity index (χ2n) is 8.06. The largest absolute Gasteiger partial charge is 0.450 e. The zero-order valence-corrected chi connectivity index (χ0v) is 17.5. The predicted molar refractivity (Wildman–Crippen MR) is 111 cm³/mol. The molecule has 4 heterocycles. The van der Waals surface area contributed by atoms with Gasteiger partial charge in [0, 0.05) is 57.9 Å². The number of fused-ring (bicyclic) bond motifs is 1. The molecule has 0 aliphatic carbocycles. The van der Waals surface area contributed by atoms with Gasteiger partial charge in [0.1, 0.15) is 17.7 Å².